The molecule has 0 radical (unpaired) electrons. The third kappa shape index (κ3) is 14.0. The van der Waals surface area contributed by atoms with E-state index in [9.17, 15) is 68.3 Å². The van der Waals surface area contributed by atoms with E-state index in [1.165, 1.54) is 117 Å². The molecule has 21 nitrogen and oxygen atoms in total. The standard InChI is InChI=1S/C24H18F3N5O2S.C23H15F3IN5O2.C23H16F3N5O2/c1-14-20(21-19(35-4)13-29-32(21)17-10-8-16(28-2)9-11-17)22(33)30(3)23(34)31(14)18-7-5-6-15(12-18)24(25,26)27;1-13-19(20-18(27)12-29-32(20)16-9-7-15(28-2)8-10-16)21(33)30(3)22(34)31(13)17-6-4-5-14(11-17)23(24,25)26;1-14-20(19-11-12-28-31(19)17-9-7-16(27-2)8-10-17)21(32)29(3)22(33)30(14)18-6-4-5-15(13-18)23(24,25)26/h5-13H,1,3-4H3;4-12H,1,3H3;4-13H,1,3H3. The molecule has 0 fully saturated rings. The molecule has 0 aliphatic rings. The molecule has 6 aromatic heterocycles. The van der Waals surface area contributed by atoms with E-state index in [1.807, 2.05) is 22.6 Å². The summed E-state index contributed by atoms with van der Waals surface area (Å²) in [5.74, 6) is 0. The van der Waals surface area contributed by atoms with Crippen molar-refractivity contribution in [3.63, 3.8) is 0 Å². The maximum atomic E-state index is 13.4. The van der Waals surface area contributed by atoms with E-state index in [0.29, 0.717) is 59.7 Å². The average Bonchev–Trinajstić information content (AvgIpc) is 1.07. The van der Waals surface area contributed by atoms with Crippen LogP contribution < -0.4 is 33.7 Å². The van der Waals surface area contributed by atoms with Gasteiger partial charge in [0, 0.05) is 38.2 Å². The van der Waals surface area contributed by atoms with E-state index in [0.717, 1.165) is 63.8 Å². The van der Waals surface area contributed by atoms with E-state index >= 15 is 0 Å². The van der Waals surface area contributed by atoms with Crippen LogP contribution in [0.1, 0.15) is 33.8 Å². The van der Waals surface area contributed by atoms with Gasteiger partial charge in [-0.3, -0.25) is 41.8 Å². The molecule has 6 aromatic carbocycles. The average molecular weight is 1530 g/mol. The van der Waals surface area contributed by atoms with Gasteiger partial charge < -0.3 is 0 Å². The summed E-state index contributed by atoms with van der Waals surface area (Å²) in [6.45, 7) is 25.9. The van der Waals surface area contributed by atoms with Crippen molar-refractivity contribution in [2.75, 3.05) is 6.26 Å². The van der Waals surface area contributed by atoms with E-state index in [4.69, 9.17) is 19.7 Å². The Kier molecular flexibility index (Phi) is 20.4. The second kappa shape index (κ2) is 28.6. The molecule has 102 heavy (non-hydrogen) atoms. The summed E-state index contributed by atoms with van der Waals surface area (Å²) < 4.78 is 131. The monoisotopic (exact) mass is 1530 g/mol. The highest BCUT2D eigenvalue weighted by molar-refractivity contribution is 14.1. The molecule has 0 atom stereocenters. The van der Waals surface area contributed by atoms with E-state index in [-0.39, 0.29) is 50.8 Å². The third-order valence-electron chi connectivity index (χ3n) is 16.1. The summed E-state index contributed by atoms with van der Waals surface area (Å²) in [6.07, 6.45) is -7.40. The fraction of sp³-hybridized carbons (Fsp3) is 0.143. The zero-order chi connectivity index (χ0) is 74.2. The van der Waals surface area contributed by atoms with Crippen molar-refractivity contribution in [1.29, 1.82) is 0 Å². The van der Waals surface area contributed by atoms with E-state index < -0.39 is 69.0 Å². The molecule has 0 bridgehead atoms. The van der Waals surface area contributed by atoms with Gasteiger partial charge in [-0.1, -0.05) is 54.6 Å². The number of hydrogen-bond donors (Lipinski definition) is 0. The fourth-order valence-electron chi connectivity index (χ4n) is 11.0. The summed E-state index contributed by atoms with van der Waals surface area (Å²) in [7, 11) is 3.82. The van der Waals surface area contributed by atoms with Gasteiger partial charge in [-0.15, -0.1) is 11.8 Å². The van der Waals surface area contributed by atoms with Crippen LogP contribution in [0.25, 0.3) is 82.4 Å². The second-order valence-electron chi connectivity index (χ2n) is 22.2. The van der Waals surface area contributed by atoms with Crippen LogP contribution in [0.5, 0.6) is 0 Å². The van der Waals surface area contributed by atoms with Gasteiger partial charge in [0.2, 0.25) is 0 Å². The van der Waals surface area contributed by atoms with E-state index in [2.05, 4.69) is 29.8 Å². The van der Waals surface area contributed by atoms with Crippen LogP contribution in [0.4, 0.5) is 56.6 Å². The number of halogens is 10. The quantitative estimate of drug-likeness (QED) is 0.0549. The topological polar surface area (TPSA) is 199 Å². The highest BCUT2D eigenvalue weighted by atomic mass is 127. The van der Waals surface area contributed by atoms with Crippen LogP contribution in [-0.4, -0.2) is 63.0 Å². The Morgan fingerprint density at radius 1 is 0.412 bits per heavy atom. The lowest BCUT2D eigenvalue weighted by atomic mass is 10.1. The first-order chi connectivity index (χ1) is 48.2. The van der Waals surface area contributed by atoms with Crippen LogP contribution in [0.3, 0.4) is 0 Å². The molecule has 0 saturated heterocycles. The molecule has 0 aliphatic heterocycles. The maximum absolute atomic E-state index is 13.4. The number of hydrogen-bond acceptors (Lipinski definition) is 10. The number of thioether (sulfide) groups is 1. The predicted molar refractivity (Wildman–Crippen MR) is 372 cm³/mol. The summed E-state index contributed by atoms with van der Waals surface area (Å²) in [6, 6.07) is 34.3. The minimum atomic E-state index is -4.60. The lowest BCUT2D eigenvalue weighted by Gasteiger charge is -2.18. The van der Waals surface area contributed by atoms with Gasteiger partial charge in [0.05, 0.1) is 131 Å². The molecular formula is C70H49F9IN15O6S. The van der Waals surface area contributed by atoms with Gasteiger partial charge in [0.25, 0.3) is 16.7 Å². The van der Waals surface area contributed by atoms with Gasteiger partial charge >= 0.3 is 35.6 Å². The van der Waals surface area contributed by atoms with Gasteiger partial charge in [0.1, 0.15) is 0 Å². The molecule has 0 amide bonds. The highest BCUT2D eigenvalue weighted by Crippen LogP contribution is 2.37. The van der Waals surface area contributed by atoms with Crippen molar-refractivity contribution in [2.24, 2.45) is 21.1 Å². The Bertz CT molecular complexity index is 5820. The molecule has 0 aliphatic carbocycles. The smallest absolute Gasteiger partial charge is 0.268 e. The maximum Gasteiger partial charge on any atom is 0.416 e. The van der Waals surface area contributed by atoms with Crippen LogP contribution in [0.2, 0.25) is 0 Å². The van der Waals surface area contributed by atoms with Crippen molar-refractivity contribution in [3.8, 4) is 67.9 Å². The summed E-state index contributed by atoms with van der Waals surface area (Å²) in [4.78, 5) is 89.4. The number of alkyl halides is 9. The predicted octanol–water partition coefficient (Wildman–Crippen LogP) is 14.1. The van der Waals surface area contributed by atoms with Crippen molar-refractivity contribution in [3.05, 3.63) is 304 Å². The van der Waals surface area contributed by atoms with Crippen molar-refractivity contribution < 1.29 is 39.5 Å². The Balaban J connectivity index is 0.000000165. The van der Waals surface area contributed by atoms with Crippen molar-refractivity contribution >= 4 is 51.4 Å². The third-order valence-corrected chi connectivity index (χ3v) is 17.6. The number of benzene rings is 6. The molecule has 0 N–H and O–H groups in total. The highest BCUT2D eigenvalue weighted by Gasteiger charge is 2.35. The van der Waals surface area contributed by atoms with Gasteiger partial charge in [-0.2, -0.15) is 54.8 Å². The fourth-order valence-corrected chi connectivity index (χ4v) is 12.2. The first-order valence-corrected chi connectivity index (χ1v) is 31.9. The Morgan fingerprint density at radius 2 is 0.735 bits per heavy atom. The first-order valence-electron chi connectivity index (χ1n) is 29.6. The summed E-state index contributed by atoms with van der Waals surface area (Å²) >= 11 is 3.34. The van der Waals surface area contributed by atoms with Crippen LogP contribution >= 0.6 is 34.4 Å². The number of nitrogens with zero attached hydrogens (tertiary/aromatic N) is 15. The van der Waals surface area contributed by atoms with Gasteiger partial charge in [-0.25, -0.2) is 43.0 Å². The zero-order valence-corrected chi connectivity index (χ0v) is 57.0. The Morgan fingerprint density at radius 3 is 1.09 bits per heavy atom. The molecular weight excluding hydrogens is 1480 g/mol. The molecule has 0 spiro atoms. The molecule has 12 rings (SSSR count). The van der Waals surface area contributed by atoms with Crippen LogP contribution in [0, 0.1) is 44.1 Å². The SMILES string of the molecule is [C-]#[N+]c1ccc(-n2ncc(I)c2-c2c(C)n(-c3cccc(C(F)(F)F)c3)c(=O)n(C)c2=O)cc1.[C-]#[N+]c1ccc(-n2ncc(SC)c2-c2c(C)n(-c3cccc(C(F)(F)F)c3)c(=O)n(C)c2=O)cc1.[C-]#[N+]c1ccc(-n2nccc2-c2c(C)n(-c3cccc(C(F)(F)F)c3)c(=O)n(C)c2=O)cc1. The minimum Gasteiger partial charge on any atom is -0.268 e. The lowest BCUT2D eigenvalue weighted by Crippen LogP contribution is -2.40. The molecule has 0 saturated carbocycles. The van der Waals surface area contributed by atoms with Crippen LogP contribution in [-0.2, 0) is 39.7 Å². The molecule has 0 unspecified atom stereocenters. The zero-order valence-electron chi connectivity index (χ0n) is 54.0. The van der Waals surface area contributed by atoms with E-state index in [1.54, 1.807) is 91.3 Å². The molecule has 32 heteroatoms. The van der Waals surface area contributed by atoms with Gasteiger partial charge in [0.15, 0.2) is 17.1 Å². The molecule has 12 aromatic rings. The van der Waals surface area contributed by atoms with Crippen LogP contribution in [0.15, 0.2) is 204 Å². The summed E-state index contributed by atoms with van der Waals surface area (Å²) in [5, 5.41) is 13.0. The normalized spacial score (nSPS) is 11.4. The number of aromatic nitrogens is 12. The Hall–Kier alpha value is -12.1. The Labute approximate surface area is 588 Å². The number of rotatable bonds is 10. The summed E-state index contributed by atoms with van der Waals surface area (Å²) in [5.41, 5.74) is -1.91. The van der Waals surface area contributed by atoms with Crippen molar-refractivity contribution in [2.45, 2.75) is 44.2 Å². The lowest BCUT2D eigenvalue weighted by molar-refractivity contribution is -0.138. The minimum absolute atomic E-state index is 0.0163. The van der Waals surface area contributed by atoms with Crippen molar-refractivity contribution in [1.82, 2.24) is 56.7 Å². The molecule has 6 heterocycles. The second-order valence-corrected chi connectivity index (χ2v) is 24.2. The van der Waals surface area contributed by atoms with Gasteiger partial charge in [-0.05, 0) is 147 Å². The first kappa shape index (κ1) is 72.6. The largest absolute Gasteiger partial charge is 0.416 e. The molecule has 516 valence electrons.